The van der Waals surface area contributed by atoms with E-state index in [1.54, 1.807) is 0 Å². The van der Waals surface area contributed by atoms with Gasteiger partial charge >= 0.3 is 0 Å². The smallest absolute Gasteiger partial charge is 0.159 e. The minimum absolute atomic E-state index is 0.703. The molecule has 0 aliphatic carbocycles. The van der Waals surface area contributed by atoms with E-state index in [-0.39, 0.29) is 0 Å². The van der Waals surface area contributed by atoms with Crippen LogP contribution in [0.3, 0.4) is 0 Å². The van der Waals surface area contributed by atoms with Crippen molar-refractivity contribution in [2.24, 2.45) is 0 Å². The van der Waals surface area contributed by atoms with Crippen molar-refractivity contribution >= 4 is 10.8 Å². The van der Waals surface area contributed by atoms with E-state index in [1.807, 2.05) is 49.4 Å². The summed E-state index contributed by atoms with van der Waals surface area (Å²) in [6, 6.07) is 16.2. The highest BCUT2D eigenvalue weighted by Gasteiger charge is 2.05. The van der Waals surface area contributed by atoms with Gasteiger partial charge in [-0.25, -0.2) is 8.78 Å². The van der Waals surface area contributed by atoms with Crippen molar-refractivity contribution in [2.45, 2.75) is 6.92 Å². The standard InChI is InChI=1S/C17H12F2/c1-11-2-4-12(5-3-11)13-6-7-14-9-16(18)17(19)10-15(14)8-13/h2-10H,1H3. The summed E-state index contributed by atoms with van der Waals surface area (Å²) in [4.78, 5) is 0. The fourth-order valence-corrected chi connectivity index (χ4v) is 2.17. The summed E-state index contributed by atoms with van der Waals surface area (Å²) >= 11 is 0. The van der Waals surface area contributed by atoms with Crippen LogP contribution in [0.1, 0.15) is 5.56 Å². The zero-order chi connectivity index (χ0) is 13.4. The van der Waals surface area contributed by atoms with Gasteiger partial charge in [-0.1, -0.05) is 42.0 Å². The highest BCUT2D eigenvalue weighted by atomic mass is 19.2. The van der Waals surface area contributed by atoms with Gasteiger partial charge in [0.15, 0.2) is 11.6 Å². The van der Waals surface area contributed by atoms with E-state index in [1.165, 1.54) is 17.7 Å². The number of aryl methyl sites for hydroxylation is 1. The van der Waals surface area contributed by atoms with Gasteiger partial charge in [0.25, 0.3) is 0 Å². The Morgan fingerprint density at radius 3 is 1.89 bits per heavy atom. The van der Waals surface area contributed by atoms with E-state index in [2.05, 4.69) is 0 Å². The average Bonchev–Trinajstić information content (AvgIpc) is 2.40. The molecular formula is C17H12F2. The van der Waals surface area contributed by atoms with Crippen LogP contribution >= 0.6 is 0 Å². The highest BCUT2D eigenvalue weighted by molar-refractivity contribution is 5.87. The zero-order valence-electron chi connectivity index (χ0n) is 10.5. The van der Waals surface area contributed by atoms with Crippen molar-refractivity contribution in [1.82, 2.24) is 0 Å². The summed E-state index contributed by atoms with van der Waals surface area (Å²) < 4.78 is 26.4. The first-order valence-electron chi connectivity index (χ1n) is 6.09. The number of rotatable bonds is 1. The molecule has 0 bridgehead atoms. The minimum Gasteiger partial charge on any atom is -0.204 e. The molecule has 0 fully saturated rings. The molecule has 0 radical (unpaired) electrons. The Labute approximate surface area is 110 Å². The monoisotopic (exact) mass is 254 g/mol. The van der Waals surface area contributed by atoms with Crippen molar-refractivity contribution in [2.75, 3.05) is 0 Å². The number of halogens is 2. The Balaban J connectivity index is 2.16. The molecular weight excluding hydrogens is 242 g/mol. The zero-order valence-corrected chi connectivity index (χ0v) is 10.5. The highest BCUT2D eigenvalue weighted by Crippen LogP contribution is 2.26. The van der Waals surface area contributed by atoms with Gasteiger partial charge < -0.3 is 0 Å². The molecule has 0 amide bonds. The van der Waals surface area contributed by atoms with E-state index in [0.717, 1.165) is 11.1 Å². The SMILES string of the molecule is Cc1ccc(-c2ccc3cc(F)c(F)cc3c2)cc1. The Hall–Kier alpha value is -2.22. The van der Waals surface area contributed by atoms with Gasteiger partial charge in [0, 0.05) is 0 Å². The van der Waals surface area contributed by atoms with Gasteiger partial charge in [-0.15, -0.1) is 0 Å². The largest absolute Gasteiger partial charge is 0.204 e. The van der Waals surface area contributed by atoms with Gasteiger partial charge in [-0.05, 0) is 47.0 Å². The third-order valence-electron chi connectivity index (χ3n) is 3.26. The van der Waals surface area contributed by atoms with Crippen LogP contribution in [0.5, 0.6) is 0 Å². The molecule has 3 aromatic carbocycles. The number of hydrogen-bond acceptors (Lipinski definition) is 0. The molecule has 0 saturated carbocycles. The Kier molecular flexibility index (Phi) is 2.79. The maximum Gasteiger partial charge on any atom is 0.159 e. The lowest BCUT2D eigenvalue weighted by molar-refractivity contribution is 0.511. The fraction of sp³-hybridized carbons (Fsp3) is 0.0588. The third kappa shape index (κ3) is 2.22. The molecule has 0 aromatic heterocycles. The molecule has 0 spiro atoms. The Morgan fingerprint density at radius 1 is 0.632 bits per heavy atom. The number of fused-ring (bicyclic) bond motifs is 1. The Morgan fingerprint density at radius 2 is 1.21 bits per heavy atom. The summed E-state index contributed by atoms with van der Waals surface area (Å²) in [5.41, 5.74) is 3.26. The topological polar surface area (TPSA) is 0 Å². The van der Waals surface area contributed by atoms with Gasteiger partial charge in [-0.3, -0.25) is 0 Å². The van der Waals surface area contributed by atoms with Crippen LogP contribution in [0.15, 0.2) is 54.6 Å². The van der Waals surface area contributed by atoms with Gasteiger partial charge in [0.1, 0.15) is 0 Å². The summed E-state index contributed by atoms with van der Waals surface area (Å²) in [5.74, 6) is -1.62. The van der Waals surface area contributed by atoms with Crippen molar-refractivity contribution < 1.29 is 8.78 Å². The molecule has 0 saturated heterocycles. The van der Waals surface area contributed by atoms with E-state index >= 15 is 0 Å². The molecule has 3 rings (SSSR count). The van der Waals surface area contributed by atoms with Crippen LogP contribution < -0.4 is 0 Å². The van der Waals surface area contributed by atoms with Gasteiger partial charge in [-0.2, -0.15) is 0 Å². The predicted octanol–water partition coefficient (Wildman–Crippen LogP) is 5.09. The predicted molar refractivity (Wildman–Crippen MR) is 74.0 cm³/mol. The molecule has 2 heteroatoms. The molecule has 0 aliphatic heterocycles. The lowest BCUT2D eigenvalue weighted by Crippen LogP contribution is -1.85. The first kappa shape index (κ1) is 11.8. The molecule has 0 aliphatic rings. The average molecular weight is 254 g/mol. The van der Waals surface area contributed by atoms with Gasteiger partial charge in [0.05, 0.1) is 0 Å². The van der Waals surface area contributed by atoms with Crippen LogP contribution in [0.25, 0.3) is 21.9 Å². The maximum atomic E-state index is 13.3. The van der Waals surface area contributed by atoms with Gasteiger partial charge in [0.2, 0.25) is 0 Å². The van der Waals surface area contributed by atoms with E-state index in [9.17, 15) is 8.78 Å². The molecule has 0 unspecified atom stereocenters. The lowest BCUT2D eigenvalue weighted by atomic mass is 10.0. The first-order valence-corrected chi connectivity index (χ1v) is 6.09. The van der Waals surface area contributed by atoms with Crippen LogP contribution in [0.4, 0.5) is 8.78 Å². The van der Waals surface area contributed by atoms with Crippen LogP contribution in [0, 0.1) is 18.6 Å². The first-order chi connectivity index (χ1) is 9.13. The normalized spacial score (nSPS) is 10.9. The Bertz CT molecular complexity index is 743. The molecule has 0 heterocycles. The van der Waals surface area contributed by atoms with Crippen LogP contribution in [0.2, 0.25) is 0 Å². The molecule has 19 heavy (non-hydrogen) atoms. The second-order valence-electron chi connectivity index (χ2n) is 4.69. The summed E-state index contributed by atoms with van der Waals surface area (Å²) in [6.45, 7) is 2.03. The van der Waals surface area contributed by atoms with E-state index in [0.29, 0.717) is 10.8 Å². The minimum atomic E-state index is -0.812. The fourth-order valence-electron chi connectivity index (χ4n) is 2.17. The van der Waals surface area contributed by atoms with Crippen LogP contribution in [-0.2, 0) is 0 Å². The van der Waals surface area contributed by atoms with Crippen molar-refractivity contribution in [3.8, 4) is 11.1 Å². The molecule has 0 atom stereocenters. The molecule has 3 aromatic rings. The number of benzene rings is 3. The van der Waals surface area contributed by atoms with E-state index in [4.69, 9.17) is 0 Å². The van der Waals surface area contributed by atoms with Crippen molar-refractivity contribution in [3.05, 3.63) is 71.8 Å². The molecule has 94 valence electrons. The van der Waals surface area contributed by atoms with E-state index < -0.39 is 11.6 Å². The maximum absolute atomic E-state index is 13.3. The number of hydrogen-bond donors (Lipinski definition) is 0. The van der Waals surface area contributed by atoms with Crippen LogP contribution in [-0.4, -0.2) is 0 Å². The molecule has 0 nitrogen and oxygen atoms in total. The second-order valence-corrected chi connectivity index (χ2v) is 4.69. The second kappa shape index (κ2) is 4.47. The third-order valence-corrected chi connectivity index (χ3v) is 3.26. The quantitative estimate of drug-likeness (QED) is 0.567. The summed E-state index contributed by atoms with van der Waals surface area (Å²) in [6.07, 6.45) is 0. The van der Waals surface area contributed by atoms with Crippen molar-refractivity contribution in [1.29, 1.82) is 0 Å². The lowest BCUT2D eigenvalue weighted by Gasteiger charge is -2.05. The van der Waals surface area contributed by atoms with Crippen molar-refractivity contribution in [3.63, 3.8) is 0 Å². The summed E-state index contributed by atoms with van der Waals surface area (Å²) in [5, 5.41) is 1.41. The summed E-state index contributed by atoms with van der Waals surface area (Å²) in [7, 11) is 0. The molecule has 0 N–H and O–H groups in total.